The molecule has 0 bridgehead atoms. The van der Waals surface area contributed by atoms with Crippen molar-refractivity contribution in [1.82, 2.24) is 0 Å². The van der Waals surface area contributed by atoms with Crippen molar-refractivity contribution in [3.63, 3.8) is 0 Å². The van der Waals surface area contributed by atoms with Gasteiger partial charge < -0.3 is 4.74 Å². The van der Waals surface area contributed by atoms with Gasteiger partial charge in [0.2, 0.25) is 0 Å². The maximum absolute atomic E-state index is 5.62. The van der Waals surface area contributed by atoms with Crippen LogP contribution in [0.25, 0.3) is 5.57 Å². The average molecular weight is 211 g/mol. The molecule has 2 heteroatoms. The maximum atomic E-state index is 5.62. The number of alkyl halides is 1. The van der Waals surface area contributed by atoms with E-state index in [1.54, 1.807) is 7.11 Å². The van der Waals surface area contributed by atoms with Crippen molar-refractivity contribution in [3.05, 3.63) is 35.9 Å². The summed E-state index contributed by atoms with van der Waals surface area (Å²) in [4.78, 5) is 0. The minimum atomic E-state index is 0.668. The molecule has 1 aromatic carbocycles. The summed E-state index contributed by atoms with van der Waals surface area (Å²) in [5, 5.41) is 0. The van der Waals surface area contributed by atoms with Crippen molar-refractivity contribution in [1.29, 1.82) is 0 Å². The van der Waals surface area contributed by atoms with Crippen molar-refractivity contribution < 1.29 is 4.74 Å². The molecule has 0 atom stereocenters. The predicted molar refractivity (Wildman–Crippen MR) is 62.0 cm³/mol. The number of methoxy groups -OCH3 is 1. The second-order valence-corrected chi connectivity index (χ2v) is 3.47. The van der Waals surface area contributed by atoms with Crippen LogP contribution < -0.4 is 4.74 Å². The molecule has 0 N–H and O–H groups in total. The van der Waals surface area contributed by atoms with E-state index in [0.717, 1.165) is 12.2 Å². The standard InChI is InChI=1S/C12H15ClO/c1-10(5-4-8-13)11-6-3-7-12(9-11)14-2/h3,5-7,9H,4,8H2,1-2H3/b10-5+. The Hall–Kier alpha value is -0.950. The molecule has 0 radical (unpaired) electrons. The largest absolute Gasteiger partial charge is 0.497 e. The third-order valence-corrected chi connectivity index (χ3v) is 2.30. The summed E-state index contributed by atoms with van der Waals surface area (Å²) in [5.41, 5.74) is 2.43. The topological polar surface area (TPSA) is 9.23 Å². The van der Waals surface area contributed by atoms with E-state index in [1.165, 1.54) is 11.1 Å². The fourth-order valence-corrected chi connectivity index (χ4v) is 1.37. The number of hydrogen-bond donors (Lipinski definition) is 0. The lowest BCUT2D eigenvalue weighted by atomic mass is 10.1. The number of rotatable bonds is 4. The molecular weight excluding hydrogens is 196 g/mol. The lowest BCUT2D eigenvalue weighted by Crippen LogP contribution is -1.85. The number of hydrogen-bond acceptors (Lipinski definition) is 1. The molecule has 1 aromatic rings. The maximum Gasteiger partial charge on any atom is 0.119 e. The number of benzene rings is 1. The lowest BCUT2D eigenvalue weighted by Gasteiger charge is -2.04. The Morgan fingerprint density at radius 2 is 2.29 bits per heavy atom. The van der Waals surface area contributed by atoms with Gasteiger partial charge in [-0.3, -0.25) is 0 Å². The van der Waals surface area contributed by atoms with Crippen LogP contribution in [-0.2, 0) is 0 Å². The Morgan fingerprint density at radius 3 is 2.93 bits per heavy atom. The Morgan fingerprint density at radius 1 is 1.50 bits per heavy atom. The molecule has 14 heavy (non-hydrogen) atoms. The predicted octanol–water partition coefficient (Wildman–Crippen LogP) is 3.73. The van der Waals surface area contributed by atoms with Gasteiger partial charge in [-0.25, -0.2) is 0 Å². The smallest absolute Gasteiger partial charge is 0.119 e. The van der Waals surface area contributed by atoms with E-state index in [-0.39, 0.29) is 0 Å². The van der Waals surface area contributed by atoms with Crippen LogP contribution in [0.3, 0.4) is 0 Å². The molecule has 0 spiro atoms. The summed E-state index contributed by atoms with van der Waals surface area (Å²) in [6.07, 6.45) is 3.05. The van der Waals surface area contributed by atoms with E-state index in [1.807, 2.05) is 18.2 Å². The van der Waals surface area contributed by atoms with Crippen LogP contribution in [0.2, 0.25) is 0 Å². The van der Waals surface area contributed by atoms with Gasteiger partial charge in [-0.2, -0.15) is 0 Å². The third-order valence-electron chi connectivity index (χ3n) is 2.08. The molecule has 0 fully saturated rings. The Labute approximate surface area is 90.3 Å². The zero-order valence-corrected chi connectivity index (χ0v) is 9.34. The van der Waals surface area contributed by atoms with Gasteiger partial charge in [0.1, 0.15) is 5.75 Å². The van der Waals surface area contributed by atoms with E-state index in [2.05, 4.69) is 19.1 Å². The van der Waals surface area contributed by atoms with Gasteiger partial charge in [-0.1, -0.05) is 18.2 Å². The highest BCUT2D eigenvalue weighted by atomic mass is 35.5. The molecule has 0 aliphatic heterocycles. The summed E-state index contributed by atoms with van der Waals surface area (Å²) < 4.78 is 5.16. The number of ether oxygens (including phenoxy) is 1. The van der Waals surface area contributed by atoms with Crippen LogP contribution in [-0.4, -0.2) is 13.0 Å². The van der Waals surface area contributed by atoms with E-state index in [0.29, 0.717) is 5.88 Å². The summed E-state index contributed by atoms with van der Waals surface area (Å²) >= 11 is 5.62. The van der Waals surface area contributed by atoms with Crippen LogP contribution in [0.1, 0.15) is 18.9 Å². The van der Waals surface area contributed by atoms with Crippen molar-refractivity contribution >= 4 is 17.2 Å². The van der Waals surface area contributed by atoms with Crippen LogP contribution >= 0.6 is 11.6 Å². The first-order valence-corrected chi connectivity index (χ1v) is 5.18. The zero-order chi connectivity index (χ0) is 10.4. The highest BCUT2D eigenvalue weighted by molar-refractivity contribution is 6.17. The van der Waals surface area contributed by atoms with Gasteiger partial charge in [0.25, 0.3) is 0 Å². The van der Waals surface area contributed by atoms with E-state index >= 15 is 0 Å². The van der Waals surface area contributed by atoms with Crippen molar-refractivity contribution in [2.75, 3.05) is 13.0 Å². The highest BCUT2D eigenvalue weighted by Crippen LogP contribution is 2.19. The van der Waals surface area contributed by atoms with Crippen LogP contribution in [0.4, 0.5) is 0 Å². The zero-order valence-electron chi connectivity index (χ0n) is 8.59. The average Bonchev–Trinajstić information content (AvgIpc) is 2.26. The van der Waals surface area contributed by atoms with Crippen molar-refractivity contribution in [3.8, 4) is 5.75 Å². The highest BCUT2D eigenvalue weighted by Gasteiger charge is 1.96. The van der Waals surface area contributed by atoms with Crippen LogP contribution in [0.5, 0.6) is 5.75 Å². The summed E-state index contributed by atoms with van der Waals surface area (Å²) in [7, 11) is 1.68. The number of allylic oxidation sites excluding steroid dienone is 2. The van der Waals surface area contributed by atoms with Gasteiger partial charge in [-0.05, 0) is 36.6 Å². The normalized spacial score (nSPS) is 11.5. The Kier molecular flexibility index (Phi) is 4.54. The van der Waals surface area contributed by atoms with E-state index < -0.39 is 0 Å². The fourth-order valence-electron chi connectivity index (χ4n) is 1.26. The molecule has 1 rings (SSSR count). The van der Waals surface area contributed by atoms with E-state index in [9.17, 15) is 0 Å². The van der Waals surface area contributed by atoms with Crippen molar-refractivity contribution in [2.45, 2.75) is 13.3 Å². The molecule has 1 nitrogen and oxygen atoms in total. The van der Waals surface area contributed by atoms with E-state index in [4.69, 9.17) is 16.3 Å². The van der Waals surface area contributed by atoms with Gasteiger partial charge in [0.05, 0.1) is 7.11 Å². The second kappa shape index (κ2) is 5.71. The Balaban J connectivity index is 2.84. The first-order valence-electron chi connectivity index (χ1n) is 4.65. The number of halogens is 1. The van der Waals surface area contributed by atoms with Gasteiger partial charge >= 0.3 is 0 Å². The molecule has 0 amide bonds. The molecule has 0 heterocycles. The first kappa shape index (κ1) is 11.1. The molecule has 0 unspecified atom stereocenters. The van der Waals surface area contributed by atoms with Gasteiger partial charge in [0, 0.05) is 5.88 Å². The molecule has 0 saturated carbocycles. The molecule has 0 aliphatic rings. The summed E-state index contributed by atoms with van der Waals surface area (Å²) in [5.74, 6) is 1.56. The minimum absolute atomic E-state index is 0.668. The SMILES string of the molecule is COc1cccc(/C(C)=C/CCCl)c1. The monoisotopic (exact) mass is 210 g/mol. The van der Waals surface area contributed by atoms with Crippen LogP contribution in [0, 0.1) is 0 Å². The summed E-state index contributed by atoms with van der Waals surface area (Å²) in [6.45, 7) is 2.08. The quantitative estimate of drug-likeness (QED) is 0.689. The van der Waals surface area contributed by atoms with Gasteiger partial charge in [-0.15, -0.1) is 11.6 Å². The van der Waals surface area contributed by atoms with Crippen LogP contribution in [0.15, 0.2) is 30.3 Å². The van der Waals surface area contributed by atoms with Crippen molar-refractivity contribution in [2.24, 2.45) is 0 Å². The molecular formula is C12H15ClO. The molecule has 0 aromatic heterocycles. The Bertz CT molecular complexity index is 318. The fraction of sp³-hybridized carbons (Fsp3) is 0.333. The molecule has 0 aliphatic carbocycles. The third kappa shape index (κ3) is 3.08. The first-order chi connectivity index (χ1) is 6.77. The second-order valence-electron chi connectivity index (χ2n) is 3.10. The molecule has 76 valence electrons. The molecule has 0 saturated heterocycles. The minimum Gasteiger partial charge on any atom is -0.497 e. The lowest BCUT2D eigenvalue weighted by molar-refractivity contribution is 0.414. The van der Waals surface area contributed by atoms with Gasteiger partial charge in [0.15, 0.2) is 0 Å². The summed E-state index contributed by atoms with van der Waals surface area (Å²) in [6, 6.07) is 8.03.